The fourth-order valence-corrected chi connectivity index (χ4v) is 5.55. The molecular weight excluding hydrogens is 409 g/mol. The maximum atomic E-state index is 13.2. The zero-order chi connectivity index (χ0) is 19.2. The van der Waals surface area contributed by atoms with Crippen molar-refractivity contribution in [3.63, 3.8) is 0 Å². The average Bonchev–Trinajstić information content (AvgIpc) is 2.87. The van der Waals surface area contributed by atoms with Crippen molar-refractivity contribution in [1.82, 2.24) is 4.31 Å². The first-order valence-corrected chi connectivity index (χ1v) is 11.0. The third-order valence-corrected chi connectivity index (χ3v) is 7.70. The van der Waals surface area contributed by atoms with Crippen LogP contribution >= 0.6 is 23.2 Å². The highest BCUT2D eigenvalue weighted by atomic mass is 35.5. The van der Waals surface area contributed by atoms with Crippen molar-refractivity contribution < 1.29 is 17.9 Å². The van der Waals surface area contributed by atoms with Crippen LogP contribution in [0.1, 0.15) is 30.5 Å². The summed E-state index contributed by atoms with van der Waals surface area (Å²) in [4.78, 5) is 0.140. The fourth-order valence-electron chi connectivity index (χ4n) is 3.55. The Kier molecular flexibility index (Phi) is 5.01. The van der Waals surface area contributed by atoms with Crippen molar-refractivity contribution >= 4 is 33.2 Å². The van der Waals surface area contributed by atoms with E-state index in [1.54, 1.807) is 0 Å². The molecule has 0 spiro atoms. The van der Waals surface area contributed by atoms with Gasteiger partial charge < -0.3 is 9.47 Å². The number of nitrogens with zero attached hydrogens (tertiary/aromatic N) is 1. The maximum absolute atomic E-state index is 13.2. The SMILES string of the molecule is C[C@H]1c2cc3c(cc2CCN1S(=O)(=O)c1ccc(Cl)c(Cl)c1)OCCCO3. The molecule has 144 valence electrons. The van der Waals surface area contributed by atoms with E-state index in [2.05, 4.69) is 0 Å². The standard InChI is InChI=1S/C19H19Cl2NO4S/c1-12-15-11-19-18(25-7-2-8-26-19)9-13(15)5-6-22(12)27(23,24)14-3-4-16(20)17(21)10-14/h3-4,9-12H,2,5-8H2,1H3/t12-/m0/s1. The van der Waals surface area contributed by atoms with Gasteiger partial charge in [0.2, 0.25) is 10.0 Å². The Morgan fingerprint density at radius 1 is 1.04 bits per heavy atom. The van der Waals surface area contributed by atoms with E-state index in [4.69, 9.17) is 32.7 Å². The molecule has 0 unspecified atom stereocenters. The monoisotopic (exact) mass is 427 g/mol. The van der Waals surface area contributed by atoms with E-state index < -0.39 is 10.0 Å². The van der Waals surface area contributed by atoms with E-state index in [0.717, 1.165) is 23.3 Å². The van der Waals surface area contributed by atoms with Gasteiger partial charge in [0, 0.05) is 19.0 Å². The number of benzene rings is 2. The van der Waals surface area contributed by atoms with Gasteiger partial charge in [0.05, 0.1) is 28.2 Å². The van der Waals surface area contributed by atoms with Gasteiger partial charge in [-0.15, -0.1) is 0 Å². The molecule has 2 aromatic carbocycles. The molecule has 27 heavy (non-hydrogen) atoms. The second-order valence-corrected chi connectivity index (χ2v) is 9.37. The first-order valence-electron chi connectivity index (χ1n) is 8.77. The summed E-state index contributed by atoms with van der Waals surface area (Å²) < 4.78 is 39.4. The Hall–Kier alpha value is -1.47. The summed E-state index contributed by atoms with van der Waals surface area (Å²) in [5.74, 6) is 1.41. The first-order chi connectivity index (χ1) is 12.9. The van der Waals surface area contributed by atoms with E-state index in [9.17, 15) is 8.42 Å². The highest BCUT2D eigenvalue weighted by Gasteiger charge is 2.35. The van der Waals surface area contributed by atoms with Crippen molar-refractivity contribution in [3.8, 4) is 11.5 Å². The molecular formula is C19H19Cl2NO4S. The molecule has 0 aliphatic carbocycles. The minimum absolute atomic E-state index is 0.140. The third-order valence-electron chi connectivity index (χ3n) is 4.99. The van der Waals surface area contributed by atoms with Gasteiger partial charge in [-0.1, -0.05) is 23.2 Å². The van der Waals surface area contributed by atoms with Crippen molar-refractivity contribution in [2.24, 2.45) is 0 Å². The predicted octanol–water partition coefficient (Wildman–Crippen LogP) is 4.46. The molecule has 0 bridgehead atoms. The van der Waals surface area contributed by atoms with Crippen LogP contribution in [0.3, 0.4) is 0 Å². The highest BCUT2D eigenvalue weighted by molar-refractivity contribution is 7.89. The Morgan fingerprint density at radius 2 is 1.74 bits per heavy atom. The van der Waals surface area contributed by atoms with Crippen molar-refractivity contribution in [3.05, 3.63) is 51.5 Å². The largest absolute Gasteiger partial charge is 0.490 e. The predicted molar refractivity (Wildman–Crippen MR) is 105 cm³/mol. The summed E-state index contributed by atoms with van der Waals surface area (Å²) >= 11 is 12.0. The van der Waals surface area contributed by atoms with E-state index in [1.165, 1.54) is 22.5 Å². The molecule has 2 aromatic rings. The summed E-state index contributed by atoms with van der Waals surface area (Å²) in [6.07, 6.45) is 1.43. The molecule has 4 rings (SSSR count). The van der Waals surface area contributed by atoms with E-state index in [1.807, 2.05) is 19.1 Å². The van der Waals surface area contributed by atoms with Gasteiger partial charge >= 0.3 is 0 Å². The minimum atomic E-state index is -3.70. The molecule has 0 radical (unpaired) electrons. The lowest BCUT2D eigenvalue weighted by molar-refractivity contribution is 0.296. The summed E-state index contributed by atoms with van der Waals surface area (Å²) in [5, 5.41) is 0.547. The number of sulfonamides is 1. The zero-order valence-corrected chi connectivity index (χ0v) is 17.1. The molecule has 0 amide bonds. The smallest absolute Gasteiger partial charge is 0.243 e. The normalized spacial score (nSPS) is 20.0. The lowest BCUT2D eigenvalue weighted by Gasteiger charge is -2.34. The van der Waals surface area contributed by atoms with E-state index >= 15 is 0 Å². The molecule has 0 saturated carbocycles. The molecule has 2 heterocycles. The summed E-state index contributed by atoms with van der Waals surface area (Å²) in [7, 11) is -3.70. The number of halogens is 2. The van der Waals surface area contributed by atoms with Gasteiger partial charge in [0.15, 0.2) is 11.5 Å². The molecule has 0 saturated heterocycles. The molecule has 2 aliphatic rings. The minimum Gasteiger partial charge on any atom is -0.490 e. The van der Waals surface area contributed by atoms with Crippen LogP contribution in [-0.2, 0) is 16.4 Å². The number of rotatable bonds is 2. The van der Waals surface area contributed by atoms with Crippen LogP contribution in [0.4, 0.5) is 0 Å². The number of hydrogen-bond acceptors (Lipinski definition) is 4. The molecule has 2 aliphatic heterocycles. The molecule has 8 heteroatoms. The Bertz CT molecular complexity index is 993. The quantitative estimate of drug-likeness (QED) is 0.709. The first kappa shape index (κ1) is 18.9. The number of hydrogen-bond donors (Lipinski definition) is 0. The van der Waals surface area contributed by atoms with Gasteiger partial charge in [-0.2, -0.15) is 4.31 Å². The van der Waals surface area contributed by atoms with Crippen LogP contribution in [0.25, 0.3) is 0 Å². The second-order valence-electron chi connectivity index (χ2n) is 6.67. The fraction of sp³-hybridized carbons (Fsp3) is 0.368. The average molecular weight is 428 g/mol. The molecule has 5 nitrogen and oxygen atoms in total. The van der Waals surface area contributed by atoms with Gasteiger partial charge in [0.1, 0.15) is 0 Å². The van der Waals surface area contributed by atoms with Crippen LogP contribution < -0.4 is 9.47 Å². The Morgan fingerprint density at radius 3 is 2.44 bits per heavy atom. The van der Waals surface area contributed by atoms with Crippen molar-refractivity contribution in [2.45, 2.75) is 30.7 Å². The summed E-state index contributed by atoms with van der Waals surface area (Å²) in [6, 6.07) is 7.96. The Labute approximate surface area is 168 Å². The van der Waals surface area contributed by atoms with Gasteiger partial charge in [-0.05, 0) is 54.8 Å². The number of fused-ring (bicyclic) bond motifs is 2. The molecule has 0 aromatic heterocycles. The second kappa shape index (κ2) is 7.17. The molecule has 1 atom stereocenters. The third kappa shape index (κ3) is 3.40. The maximum Gasteiger partial charge on any atom is 0.243 e. The number of ether oxygens (including phenoxy) is 2. The van der Waals surface area contributed by atoms with Gasteiger partial charge in [-0.25, -0.2) is 8.42 Å². The van der Waals surface area contributed by atoms with Crippen molar-refractivity contribution in [1.29, 1.82) is 0 Å². The molecule has 0 fully saturated rings. The molecule has 0 N–H and O–H groups in total. The summed E-state index contributed by atoms with van der Waals surface area (Å²) in [5.41, 5.74) is 2.03. The van der Waals surface area contributed by atoms with Crippen LogP contribution in [0.2, 0.25) is 10.0 Å². The van der Waals surface area contributed by atoms with E-state index in [-0.39, 0.29) is 16.0 Å². The van der Waals surface area contributed by atoms with Gasteiger partial charge in [0.25, 0.3) is 0 Å². The lowest BCUT2D eigenvalue weighted by Crippen LogP contribution is -2.38. The van der Waals surface area contributed by atoms with Crippen molar-refractivity contribution in [2.75, 3.05) is 19.8 Å². The van der Waals surface area contributed by atoms with Crippen LogP contribution in [-0.4, -0.2) is 32.5 Å². The van der Waals surface area contributed by atoms with Crippen LogP contribution in [0.5, 0.6) is 11.5 Å². The summed E-state index contributed by atoms with van der Waals surface area (Å²) in [6.45, 7) is 3.48. The van der Waals surface area contributed by atoms with Crippen LogP contribution in [0.15, 0.2) is 35.2 Å². The van der Waals surface area contributed by atoms with Crippen LogP contribution in [0, 0.1) is 0 Å². The lowest BCUT2D eigenvalue weighted by atomic mass is 9.94. The highest BCUT2D eigenvalue weighted by Crippen LogP contribution is 2.41. The van der Waals surface area contributed by atoms with E-state index in [0.29, 0.717) is 37.0 Å². The van der Waals surface area contributed by atoms with Gasteiger partial charge in [-0.3, -0.25) is 0 Å². The topological polar surface area (TPSA) is 55.8 Å². The zero-order valence-electron chi connectivity index (χ0n) is 14.7. The Balaban J connectivity index is 1.71.